The number of hydrogen-bond donors (Lipinski definition) is 1. The summed E-state index contributed by atoms with van der Waals surface area (Å²) in [5.74, 6) is 2.16. The molecule has 1 atom stereocenters. The van der Waals surface area contributed by atoms with Crippen LogP contribution in [0.1, 0.15) is 63.5 Å². The van der Waals surface area contributed by atoms with E-state index < -0.39 is 6.09 Å². The second-order valence-electron chi connectivity index (χ2n) is 11.8. The van der Waals surface area contributed by atoms with Crippen molar-refractivity contribution in [3.63, 3.8) is 0 Å². The van der Waals surface area contributed by atoms with E-state index in [1.165, 1.54) is 6.42 Å². The molecule has 0 bridgehead atoms. The zero-order valence-corrected chi connectivity index (χ0v) is 23.7. The Kier molecular flexibility index (Phi) is 6.95. The molecule has 3 heterocycles. The molecule has 1 amide bonds. The highest BCUT2D eigenvalue weighted by Gasteiger charge is 2.32. The lowest BCUT2D eigenvalue weighted by atomic mass is 9.92. The van der Waals surface area contributed by atoms with Gasteiger partial charge in [-0.15, -0.1) is 0 Å². The van der Waals surface area contributed by atoms with Crippen LogP contribution in [0.4, 0.5) is 10.5 Å². The maximum atomic E-state index is 12.5. The van der Waals surface area contributed by atoms with Gasteiger partial charge in [0.15, 0.2) is 5.76 Å². The van der Waals surface area contributed by atoms with Crippen LogP contribution in [-0.2, 0) is 9.47 Å². The summed E-state index contributed by atoms with van der Waals surface area (Å²) in [6.07, 6.45) is 9.02. The molecule has 2 aromatic carbocycles. The molecule has 2 aliphatic carbocycles. The van der Waals surface area contributed by atoms with Gasteiger partial charge < -0.3 is 23.3 Å². The summed E-state index contributed by atoms with van der Waals surface area (Å²) >= 11 is 0. The Labute approximate surface area is 239 Å². The van der Waals surface area contributed by atoms with Gasteiger partial charge in [0.2, 0.25) is 0 Å². The number of carbonyl (C=O) groups is 1. The molecular weight excluding hydrogens is 518 g/mol. The molecule has 214 valence electrons. The maximum absolute atomic E-state index is 12.5. The van der Waals surface area contributed by atoms with E-state index in [-0.39, 0.29) is 12.2 Å². The van der Waals surface area contributed by atoms with Crippen LogP contribution in [0.5, 0.6) is 5.75 Å². The zero-order chi connectivity index (χ0) is 27.9. The minimum atomic E-state index is -0.407. The topological polar surface area (TPSA) is 87.8 Å². The van der Waals surface area contributed by atoms with Crippen LogP contribution in [0.3, 0.4) is 0 Å². The third-order valence-electron chi connectivity index (χ3n) is 8.85. The van der Waals surface area contributed by atoms with Gasteiger partial charge in [-0.05, 0) is 81.7 Å². The molecular formula is C33H37N3O5. The van der Waals surface area contributed by atoms with Crippen LogP contribution in [0.2, 0.25) is 0 Å². The van der Waals surface area contributed by atoms with Gasteiger partial charge in [-0.3, -0.25) is 5.32 Å². The van der Waals surface area contributed by atoms with Crippen molar-refractivity contribution in [2.45, 2.75) is 77.0 Å². The summed E-state index contributed by atoms with van der Waals surface area (Å²) in [5.41, 5.74) is 6.03. The Morgan fingerprint density at radius 2 is 1.83 bits per heavy atom. The van der Waals surface area contributed by atoms with E-state index >= 15 is 0 Å². The number of nitrogens with one attached hydrogen (secondary N) is 1. The standard InChI is InChI=1S/C33H37N3O5/c1-20-19-34-41-32(20)30-28-13-12-27(40-26-14-16-38-17-15-26)18-29(28)36(25-4-3-5-25)31(30)23-8-10-24(11-9-23)35-33(37)39-21(2)22-6-7-22/h8-13,18-19,21-22,25-26H,3-7,14-17H2,1-2H3,(H,35,37). The minimum Gasteiger partial charge on any atom is -0.490 e. The molecule has 8 nitrogen and oxygen atoms in total. The third kappa shape index (κ3) is 5.21. The van der Waals surface area contributed by atoms with Crippen molar-refractivity contribution in [1.29, 1.82) is 0 Å². The second-order valence-corrected chi connectivity index (χ2v) is 11.8. The lowest BCUT2D eigenvalue weighted by molar-refractivity contribution is 0.0256. The molecule has 8 heteroatoms. The Bertz CT molecular complexity index is 1540. The molecule has 2 aromatic heterocycles. The number of ether oxygens (including phenoxy) is 3. The van der Waals surface area contributed by atoms with Crippen LogP contribution in [0.15, 0.2) is 53.2 Å². The summed E-state index contributed by atoms with van der Waals surface area (Å²) in [6.45, 7) is 5.48. The molecule has 3 fully saturated rings. The highest BCUT2D eigenvalue weighted by atomic mass is 16.6. The lowest BCUT2D eigenvalue weighted by Gasteiger charge is -2.30. The van der Waals surface area contributed by atoms with Crippen LogP contribution in [-0.4, -0.2) is 41.2 Å². The van der Waals surface area contributed by atoms with Crippen molar-refractivity contribution in [2.24, 2.45) is 5.92 Å². The molecule has 1 saturated heterocycles. The second kappa shape index (κ2) is 10.9. The molecule has 7 rings (SSSR count). The SMILES string of the molecule is Cc1cnoc1-c1c(-c2ccc(NC(=O)OC(C)C3CC3)cc2)n(C2CCC2)c2cc(OC3CCOCC3)ccc12. The van der Waals surface area contributed by atoms with Gasteiger partial charge in [0.1, 0.15) is 18.0 Å². The lowest BCUT2D eigenvalue weighted by Crippen LogP contribution is -2.25. The quantitative estimate of drug-likeness (QED) is 0.238. The number of anilines is 1. The van der Waals surface area contributed by atoms with Crippen molar-refractivity contribution < 1.29 is 23.5 Å². The van der Waals surface area contributed by atoms with Gasteiger partial charge in [-0.2, -0.15) is 0 Å². The highest BCUT2D eigenvalue weighted by Crippen LogP contribution is 2.48. The van der Waals surface area contributed by atoms with Crippen LogP contribution in [0, 0.1) is 12.8 Å². The first-order chi connectivity index (χ1) is 20.0. The number of rotatable bonds is 8. The van der Waals surface area contributed by atoms with Gasteiger partial charge in [-0.1, -0.05) is 17.3 Å². The highest BCUT2D eigenvalue weighted by molar-refractivity contribution is 6.04. The molecule has 1 N–H and O–H groups in total. The number of benzene rings is 2. The van der Waals surface area contributed by atoms with Crippen molar-refractivity contribution >= 4 is 22.7 Å². The Morgan fingerprint density at radius 1 is 1.05 bits per heavy atom. The number of hydrogen-bond acceptors (Lipinski definition) is 6. The van der Waals surface area contributed by atoms with E-state index in [0.29, 0.717) is 17.6 Å². The summed E-state index contributed by atoms with van der Waals surface area (Å²) in [4.78, 5) is 12.5. The van der Waals surface area contributed by atoms with Crippen LogP contribution >= 0.6 is 0 Å². The normalized spacial score (nSPS) is 18.7. The summed E-state index contributed by atoms with van der Waals surface area (Å²) in [6, 6.07) is 14.8. The van der Waals surface area contributed by atoms with E-state index in [2.05, 4.69) is 45.4 Å². The Hall–Kier alpha value is -3.78. The molecule has 1 aliphatic heterocycles. The van der Waals surface area contributed by atoms with E-state index in [9.17, 15) is 4.79 Å². The molecule has 1 unspecified atom stereocenters. The fourth-order valence-electron chi connectivity index (χ4n) is 6.11. The molecule has 0 radical (unpaired) electrons. The van der Waals surface area contributed by atoms with Gasteiger partial charge >= 0.3 is 6.09 Å². The van der Waals surface area contributed by atoms with Crippen LogP contribution < -0.4 is 10.1 Å². The number of aromatic nitrogens is 2. The first-order valence-corrected chi connectivity index (χ1v) is 15.0. The van der Waals surface area contributed by atoms with E-state index in [1.54, 1.807) is 6.20 Å². The summed E-state index contributed by atoms with van der Waals surface area (Å²) < 4.78 is 25.9. The first kappa shape index (κ1) is 26.1. The van der Waals surface area contributed by atoms with Crippen molar-refractivity contribution in [1.82, 2.24) is 9.72 Å². The Balaban J connectivity index is 1.28. The van der Waals surface area contributed by atoms with Crippen molar-refractivity contribution in [3.8, 4) is 28.3 Å². The molecule has 2 saturated carbocycles. The maximum Gasteiger partial charge on any atom is 0.411 e. The number of aryl methyl sites for hydroxylation is 1. The number of carbonyl (C=O) groups excluding carboxylic acids is 1. The largest absolute Gasteiger partial charge is 0.490 e. The average Bonchev–Trinajstić information content (AvgIpc) is 3.65. The predicted molar refractivity (Wildman–Crippen MR) is 157 cm³/mol. The van der Waals surface area contributed by atoms with Gasteiger partial charge in [0.05, 0.1) is 36.2 Å². The Morgan fingerprint density at radius 3 is 2.49 bits per heavy atom. The first-order valence-electron chi connectivity index (χ1n) is 15.0. The molecule has 0 spiro atoms. The van der Waals surface area contributed by atoms with E-state index in [1.807, 2.05) is 26.0 Å². The van der Waals surface area contributed by atoms with Crippen LogP contribution in [0.25, 0.3) is 33.5 Å². The number of amides is 1. The smallest absolute Gasteiger partial charge is 0.411 e. The third-order valence-corrected chi connectivity index (χ3v) is 8.85. The fraction of sp³-hybridized carbons (Fsp3) is 0.455. The van der Waals surface area contributed by atoms with E-state index in [0.717, 1.165) is 96.5 Å². The van der Waals surface area contributed by atoms with Gasteiger partial charge in [0.25, 0.3) is 0 Å². The number of fused-ring (bicyclic) bond motifs is 1. The fourth-order valence-corrected chi connectivity index (χ4v) is 6.11. The van der Waals surface area contributed by atoms with E-state index in [4.69, 9.17) is 18.7 Å². The average molecular weight is 556 g/mol. The van der Waals surface area contributed by atoms with Crippen molar-refractivity contribution in [3.05, 3.63) is 54.2 Å². The molecule has 4 aromatic rings. The molecule has 41 heavy (non-hydrogen) atoms. The number of nitrogens with zero attached hydrogens (tertiary/aromatic N) is 2. The summed E-state index contributed by atoms with van der Waals surface area (Å²) in [7, 11) is 0. The summed E-state index contributed by atoms with van der Waals surface area (Å²) in [5, 5.41) is 8.14. The van der Waals surface area contributed by atoms with Crippen molar-refractivity contribution in [2.75, 3.05) is 18.5 Å². The minimum absolute atomic E-state index is 0.0551. The van der Waals surface area contributed by atoms with Gasteiger partial charge in [-0.25, -0.2) is 4.79 Å². The van der Waals surface area contributed by atoms with Gasteiger partial charge in [0, 0.05) is 41.6 Å². The monoisotopic (exact) mass is 555 g/mol. The zero-order valence-electron chi connectivity index (χ0n) is 23.7. The molecule has 3 aliphatic rings. The predicted octanol–water partition coefficient (Wildman–Crippen LogP) is 7.90.